The molecule has 0 bridgehead atoms. The van der Waals surface area contributed by atoms with Crippen molar-refractivity contribution < 1.29 is 9.47 Å². The summed E-state index contributed by atoms with van der Waals surface area (Å²) in [6, 6.07) is 13.1. The van der Waals surface area contributed by atoms with E-state index < -0.39 is 0 Å². The molecule has 0 N–H and O–H groups in total. The summed E-state index contributed by atoms with van der Waals surface area (Å²) < 4.78 is 12.1. The minimum absolute atomic E-state index is 0.525. The second-order valence-corrected chi connectivity index (χ2v) is 6.15. The van der Waals surface area contributed by atoms with Gasteiger partial charge in [0.1, 0.15) is 11.5 Å². The lowest BCUT2D eigenvalue weighted by Gasteiger charge is -2.13. The third kappa shape index (κ3) is 4.53. The molecule has 0 saturated heterocycles. The summed E-state index contributed by atoms with van der Waals surface area (Å²) in [5.41, 5.74) is 2.14. The Morgan fingerprint density at radius 2 is 1.75 bits per heavy atom. The average molecular weight is 407 g/mol. The van der Waals surface area contributed by atoms with E-state index in [2.05, 4.69) is 22.0 Å². The highest BCUT2D eigenvalue weighted by molar-refractivity contribution is 9.10. The van der Waals surface area contributed by atoms with E-state index in [1.54, 1.807) is 18.2 Å². The van der Waals surface area contributed by atoms with Gasteiger partial charge in [-0.1, -0.05) is 23.7 Å². The number of allylic oxidation sites excluding steroid dienone is 1. The van der Waals surface area contributed by atoms with Gasteiger partial charge in [-0.15, -0.1) is 0 Å². The van der Waals surface area contributed by atoms with Gasteiger partial charge in [0.25, 0.3) is 0 Å². The van der Waals surface area contributed by atoms with Gasteiger partial charge in [0.15, 0.2) is 0 Å². The predicted molar refractivity (Wildman–Crippen MR) is 101 cm³/mol. The summed E-state index contributed by atoms with van der Waals surface area (Å²) in [5, 5.41) is 10.1. The highest BCUT2D eigenvalue weighted by Gasteiger charge is 2.11. The second-order valence-electron chi connectivity index (χ2n) is 4.86. The molecule has 0 fully saturated rings. The van der Waals surface area contributed by atoms with Crippen LogP contribution >= 0.6 is 27.5 Å². The molecule has 0 spiro atoms. The molecule has 24 heavy (non-hydrogen) atoms. The number of rotatable bonds is 6. The minimum Gasteiger partial charge on any atom is -0.493 e. The van der Waals surface area contributed by atoms with Gasteiger partial charge in [0, 0.05) is 16.7 Å². The van der Waals surface area contributed by atoms with E-state index in [1.165, 1.54) is 0 Å². The number of benzene rings is 2. The van der Waals surface area contributed by atoms with Crippen LogP contribution in [-0.4, -0.2) is 13.2 Å². The van der Waals surface area contributed by atoms with Gasteiger partial charge >= 0.3 is 0 Å². The van der Waals surface area contributed by atoms with Gasteiger partial charge in [0.2, 0.25) is 0 Å². The van der Waals surface area contributed by atoms with Crippen LogP contribution in [0.1, 0.15) is 25.0 Å². The molecule has 0 amide bonds. The zero-order valence-electron chi connectivity index (χ0n) is 13.5. The van der Waals surface area contributed by atoms with E-state index in [-0.39, 0.29) is 0 Å². The molecular formula is C19H17BrClNO2. The van der Waals surface area contributed by atoms with Gasteiger partial charge in [-0.2, -0.15) is 5.26 Å². The maximum Gasteiger partial charge on any atom is 0.137 e. The molecule has 0 aliphatic rings. The van der Waals surface area contributed by atoms with Crippen LogP contribution in [-0.2, 0) is 0 Å². The number of hydrogen-bond acceptors (Lipinski definition) is 3. The van der Waals surface area contributed by atoms with Crippen molar-refractivity contribution in [3.63, 3.8) is 0 Å². The first-order chi connectivity index (χ1) is 11.6. The fourth-order valence-corrected chi connectivity index (χ4v) is 2.78. The Bertz CT molecular complexity index is 779. The summed E-state index contributed by atoms with van der Waals surface area (Å²) >= 11 is 9.41. The summed E-state index contributed by atoms with van der Waals surface area (Å²) in [6.45, 7) is 4.93. The van der Waals surface area contributed by atoms with E-state index in [0.29, 0.717) is 35.3 Å². The number of nitriles is 1. The van der Waals surface area contributed by atoms with Gasteiger partial charge < -0.3 is 9.47 Å². The van der Waals surface area contributed by atoms with Crippen LogP contribution in [0.25, 0.3) is 11.6 Å². The highest BCUT2D eigenvalue weighted by atomic mass is 79.9. The fourth-order valence-electron chi connectivity index (χ4n) is 2.17. The van der Waals surface area contributed by atoms with Crippen molar-refractivity contribution >= 4 is 39.2 Å². The van der Waals surface area contributed by atoms with Crippen LogP contribution in [0.3, 0.4) is 0 Å². The molecule has 5 heteroatoms. The molecule has 0 saturated carbocycles. The second kappa shape index (κ2) is 8.77. The normalized spacial score (nSPS) is 11.0. The summed E-state index contributed by atoms with van der Waals surface area (Å²) in [6.07, 6.45) is 1.80. The van der Waals surface area contributed by atoms with Gasteiger partial charge in [0.05, 0.1) is 29.3 Å². The van der Waals surface area contributed by atoms with Crippen LogP contribution in [0.2, 0.25) is 5.02 Å². The zero-order valence-corrected chi connectivity index (χ0v) is 15.8. The predicted octanol–water partition coefficient (Wildman–Crippen LogP) is 5.96. The van der Waals surface area contributed by atoms with Gasteiger partial charge in [-0.3, -0.25) is 0 Å². The maximum absolute atomic E-state index is 9.51. The Balaban J connectivity index is 2.50. The maximum atomic E-state index is 9.51. The largest absolute Gasteiger partial charge is 0.493 e. The molecule has 2 aromatic rings. The van der Waals surface area contributed by atoms with Crippen molar-refractivity contribution in [2.45, 2.75) is 13.8 Å². The Labute approximate surface area is 155 Å². The smallest absolute Gasteiger partial charge is 0.137 e. The summed E-state index contributed by atoms with van der Waals surface area (Å²) in [5.74, 6) is 1.38. The van der Waals surface area contributed by atoms with E-state index in [4.69, 9.17) is 21.1 Å². The van der Waals surface area contributed by atoms with Gasteiger partial charge in [-0.25, -0.2) is 0 Å². The van der Waals surface area contributed by atoms with Crippen LogP contribution in [0.4, 0.5) is 0 Å². The zero-order chi connectivity index (χ0) is 17.5. The highest BCUT2D eigenvalue weighted by Crippen LogP contribution is 2.35. The molecular weight excluding hydrogens is 390 g/mol. The molecule has 0 aromatic heterocycles. The average Bonchev–Trinajstić information content (AvgIpc) is 2.57. The van der Waals surface area contributed by atoms with E-state index in [1.807, 2.05) is 38.1 Å². The Morgan fingerprint density at radius 1 is 1.12 bits per heavy atom. The molecule has 0 aliphatic carbocycles. The molecule has 0 heterocycles. The van der Waals surface area contributed by atoms with E-state index in [9.17, 15) is 5.26 Å². The standard InChI is InChI=1S/C19H17BrClNO2/c1-3-23-18-11-19(24-4-2)17(20)10-14(18)9-15(12-22)13-5-7-16(21)8-6-13/h5-11H,3-4H2,1-2H3/b15-9+. The van der Waals surface area contributed by atoms with Crippen LogP contribution in [0.15, 0.2) is 40.9 Å². The Hall–Kier alpha value is -1.96. The molecule has 0 aliphatic heterocycles. The summed E-state index contributed by atoms with van der Waals surface area (Å²) in [7, 11) is 0. The molecule has 124 valence electrons. The SMILES string of the molecule is CCOc1cc(OCC)c(/C=C(\C#N)c2ccc(Cl)cc2)cc1Br. The molecule has 2 rings (SSSR count). The van der Waals surface area contributed by atoms with Gasteiger partial charge in [-0.05, 0) is 59.6 Å². The number of ether oxygens (including phenoxy) is 2. The van der Waals surface area contributed by atoms with Crippen molar-refractivity contribution in [1.29, 1.82) is 5.26 Å². The first-order valence-corrected chi connectivity index (χ1v) is 8.73. The van der Waals surface area contributed by atoms with Crippen LogP contribution in [0, 0.1) is 11.3 Å². The minimum atomic E-state index is 0.525. The lowest BCUT2D eigenvalue weighted by atomic mass is 10.0. The number of nitrogens with zero attached hydrogens (tertiary/aromatic N) is 1. The molecule has 0 atom stereocenters. The van der Waals surface area contributed by atoms with E-state index >= 15 is 0 Å². The monoisotopic (exact) mass is 405 g/mol. The number of halogens is 2. The van der Waals surface area contributed by atoms with Crippen molar-refractivity contribution in [2.75, 3.05) is 13.2 Å². The van der Waals surface area contributed by atoms with Crippen LogP contribution in [0.5, 0.6) is 11.5 Å². The molecule has 2 aromatic carbocycles. The summed E-state index contributed by atoms with van der Waals surface area (Å²) in [4.78, 5) is 0. The van der Waals surface area contributed by atoms with E-state index in [0.717, 1.165) is 15.6 Å². The third-order valence-electron chi connectivity index (χ3n) is 3.24. The quantitative estimate of drug-likeness (QED) is 0.439. The third-order valence-corrected chi connectivity index (χ3v) is 4.11. The molecule has 0 radical (unpaired) electrons. The van der Waals surface area contributed by atoms with Crippen molar-refractivity contribution in [3.05, 3.63) is 57.0 Å². The molecule has 0 unspecified atom stereocenters. The van der Waals surface area contributed by atoms with Crippen LogP contribution < -0.4 is 9.47 Å². The fraction of sp³-hybridized carbons (Fsp3) is 0.211. The first kappa shape index (κ1) is 18.4. The lowest BCUT2D eigenvalue weighted by Crippen LogP contribution is -1.98. The van der Waals surface area contributed by atoms with Crippen molar-refractivity contribution in [2.24, 2.45) is 0 Å². The lowest BCUT2D eigenvalue weighted by molar-refractivity contribution is 0.321. The van der Waals surface area contributed by atoms with Crippen molar-refractivity contribution in [3.8, 4) is 17.6 Å². The Kier molecular flexibility index (Phi) is 6.72. The number of hydrogen-bond donors (Lipinski definition) is 0. The first-order valence-electron chi connectivity index (χ1n) is 7.55. The Morgan fingerprint density at radius 3 is 2.33 bits per heavy atom. The van der Waals surface area contributed by atoms with Crippen molar-refractivity contribution in [1.82, 2.24) is 0 Å². The topological polar surface area (TPSA) is 42.2 Å². The molecule has 3 nitrogen and oxygen atoms in total.